The van der Waals surface area contributed by atoms with Crippen LogP contribution in [0.15, 0.2) is 109 Å². The first kappa shape index (κ1) is 56.7. The average Bonchev–Trinajstić information content (AvgIpc) is 3.22. The number of rotatable bonds is 12. The summed E-state index contributed by atoms with van der Waals surface area (Å²) in [7, 11) is 0. The maximum absolute atomic E-state index is 2.35. The molecule has 0 saturated carbocycles. The van der Waals surface area contributed by atoms with Crippen molar-refractivity contribution in [2.24, 2.45) is 0 Å². The Bertz CT molecular complexity index is 2020. The van der Waals surface area contributed by atoms with Crippen LogP contribution >= 0.6 is 0 Å². The molecule has 0 heterocycles. The SMILES string of the molecule is CC(C)c1cccc(C(C)C)c1-c1cccc(-c2c(C(C)C)cccc2C(C)C)[c]1[GeH].CC(C)c1cccc(C(C)C)c1-c1cccc(-c2c(C(C)C)cccc2C(C)C)[c]1[GeH].[Na].[Na]. The molecule has 64 heavy (non-hydrogen) atoms. The van der Waals surface area contributed by atoms with E-state index in [1.54, 1.807) is 33.0 Å². The normalized spacial score (nSPS) is 11.5. The molecule has 0 atom stereocenters. The van der Waals surface area contributed by atoms with Crippen molar-refractivity contribution in [3.05, 3.63) is 154 Å². The minimum absolute atomic E-state index is 0. The molecule has 0 N–H and O–H groups in total. The van der Waals surface area contributed by atoms with Gasteiger partial charge in [0.15, 0.2) is 0 Å². The van der Waals surface area contributed by atoms with E-state index in [-0.39, 0.29) is 59.1 Å². The van der Waals surface area contributed by atoms with E-state index in [0.29, 0.717) is 47.3 Å². The van der Waals surface area contributed by atoms with E-state index in [1.165, 1.54) is 97.8 Å². The first-order valence-corrected chi connectivity index (χ1v) is 26.0. The molecule has 0 bridgehead atoms. The summed E-state index contributed by atoms with van der Waals surface area (Å²) < 4.78 is 2.92. The summed E-state index contributed by atoms with van der Waals surface area (Å²) >= 11 is 3.48. The molecule has 4 heteroatoms. The van der Waals surface area contributed by atoms with Gasteiger partial charge in [0.05, 0.1) is 0 Å². The molecular formula is C60H76Ge2Na2. The van der Waals surface area contributed by atoms with Gasteiger partial charge in [-0.05, 0) is 0 Å². The van der Waals surface area contributed by atoms with Crippen molar-refractivity contribution in [2.45, 2.75) is 158 Å². The molecule has 0 aromatic heterocycles. The van der Waals surface area contributed by atoms with Crippen molar-refractivity contribution < 1.29 is 0 Å². The molecule has 0 aliphatic heterocycles. The van der Waals surface area contributed by atoms with E-state index >= 15 is 0 Å². The standard InChI is InChI=1S/2C30H38Ge.2Na/c2*1-18(2)22-12-9-13-23(19(3)4)28(22)26-16-11-17-27(30(26)31)29-24(20(5)6)14-10-15-25(29)21(7)8;;/h2*9-21,31H,1-8H3;;. The Morgan fingerprint density at radius 1 is 0.234 bits per heavy atom. The fourth-order valence-corrected chi connectivity index (χ4v) is 11.5. The molecule has 0 nitrogen and oxygen atoms in total. The second-order valence-corrected chi connectivity index (χ2v) is 22.4. The van der Waals surface area contributed by atoms with E-state index in [1.807, 2.05) is 0 Å². The monoisotopic (exact) mass is 990 g/mol. The van der Waals surface area contributed by atoms with Crippen molar-refractivity contribution in [1.29, 1.82) is 0 Å². The van der Waals surface area contributed by atoms with Crippen molar-refractivity contribution >= 4 is 101 Å². The number of hydrogen-bond acceptors (Lipinski definition) is 0. The van der Waals surface area contributed by atoms with Crippen LogP contribution in [0.25, 0.3) is 44.5 Å². The van der Waals surface area contributed by atoms with Crippen LogP contribution in [-0.4, -0.2) is 92.1 Å². The molecule has 6 radical (unpaired) electrons. The Labute approximate surface area is 452 Å². The molecule has 0 unspecified atom stereocenters. The van der Waals surface area contributed by atoms with Crippen molar-refractivity contribution in [2.75, 3.05) is 0 Å². The van der Waals surface area contributed by atoms with Gasteiger partial charge in [-0.3, -0.25) is 0 Å². The molecule has 0 spiro atoms. The molecule has 0 saturated heterocycles. The van der Waals surface area contributed by atoms with Gasteiger partial charge in [-0.2, -0.15) is 0 Å². The third-order valence-corrected chi connectivity index (χ3v) is 15.4. The van der Waals surface area contributed by atoms with E-state index in [2.05, 4.69) is 220 Å². The Kier molecular flexibility index (Phi) is 22.3. The second-order valence-electron chi connectivity index (χ2n) is 20.0. The molecule has 326 valence electrons. The van der Waals surface area contributed by atoms with Crippen molar-refractivity contribution in [1.82, 2.24) is 0 Å². The predicted molar refractivity (Wildman–Crippen MR) is 292 cm³/mol. The summed E-state index contributed by atoms with van der Waals surface area (Å²) in [5.41, 5.74) is 23.2. The third-order valence-electron chi connectivity index (χ3n) is 12.8. The summed E-state index contributed by atoms with van der Waals surface area (Å²) in [6.07, 6.45) is 0. The van der Waals surface area contributed by atoms with Gasteiger partial charge >= 0.3 is 398 Å². The van der Waals surface area contributed by atoms with Gasteiger partial charge in [-0.25, -0.2) is 0 Å². The first-order valence-electron chi connectivity index (χ1n) is 23.6. The maximum Gasteiger partial charge on any atom is 0 e. The minimum atomic E-state index is 0. The molecule has 0 aliphatic rings. The predicted octanol–water partition coefficient (Wildman–Crippen LogP) is 15.3. The zero-order chi connectivity index (χ0) is 45.7. The van der Waals surface area contributed by atoms with E-state index < -0.39 is 0 Å². The van der Waals surface area contributed by atoms with Gasteiger partial charge in [0.25, 0.3) is 0 Å². The van der Waals surface area contributed by atoms with Crippen LogP contribution < -0.4 is 8.79 Å². The van der Waals surface area contributed by atoms with Crippen LogP contribution in [0.4, 0.5) is 0 Å². The number of benzene rings is 6. The minimum Gasteiger partial charge on any atom is 0 e. The smallest absolute Gasteiger partial charge is 0 e. The van der Waals surface area contributed by atoms with E-state index in [4.69, 9.17) is 0 Å². The van der Waals surface area contributed by atoms with Crippen LogP contribution in [0.1, 0.15) is 203 Å². The maximum atomic E-state index is 2.35. The van der Waals surface area contributed by atoms with Gasteiger partial charge < -0.3 is 0 Å². The molecule has 6 aromatic carbocycles. The zero-order valence-electron chi connectivity index (χ0n) is 43.2. The fourth-order valence-electron chi connectivity index (χ4n) is 9.45. The largest absolute Gasteiger partial charge is 0 e. The first-order chi connectivity index (χ1) is 29.3. The van der Waals surface area contributed by atoms with Crippen molar-refractivity contribution in [3.63, 3.8) is 0 Å². The summed E-state index contributed by atoms with van der Waals surface area (Å²) in [6.45, 7) is 37.1. The average molecular weight is 988 g/mol. The third kappa shape index (κ3) is 12.5. The molecule has 6 rings (SSSR count). The topological polar surface area (TPSA) is 0 Å². The van der Waals surface area contributed by atoms with Gasteiger partial charge in [-0.15, -0.1) is 0 Å². The van der Waals surface area contributed by atoms with Crippen LogP contribution in [0.3, 0.4) is 0 Å². The van der Waals surface area contributed by atoms with Gasteiger partial charge in [-0.1, -0.05) is 0 Å². The Balaban J connectivity index is 0.000000330. The Hall–Kier alpha value is -1.59. The zero-order valence-corrected chi connectivity index (χ0v) is 52.0. The van der Waals surface area contributed by atoms with Crippen LogP contribution in [-0.2, 0) is 0 Å². The molecule has 0 aliphatic carbocycles. The second kappa shape index (κ2) is 25.1. The molecular weight excluding hydrogens is 912 g/mol. The van der Waals surface area contributed by atoms with Crippen LogP contribution in [0.2, 0.25) is 0 Å². The van der Waals surface area contributed by atoms with Gasteiger partial charge in [0.1, 0.15) is 0 Å². The van der Waals surface area contributed by atoms with E-state index in [0.717, 1.165) is 0 Å². The van der Waals surface area contributed by atoms with Gasteiger partial charge in [0, 0.05) is 59.1 Å². The molecule has 6 aromatic rings. The van der Waals surface area contributed by atoms with Crippen LogP contribution in [0, 0.1) is 0 Å². The number of hydrogen-bond donors (Lipinski definition) is 0. The molecule has 0 amide bonds. The Morgan fingerprint density at radius 3 is 0.484 bits per heavy atom. The summed E-state index contributed by atoms with van der Waals surface area (Å²) in [5.74, 6) is 3.99. The van der Waals surface area contributed by atoms with Crippen LogP contribution in [0.5, 0.6) is 0 Å². The summed E-state index contributed by atoms with van der Waals surface area (Å²) in [4.78, 5) is 0. The Morgan fingerprint density at radius 2 is 0.359 bits per heavy atom. The summed E-state index contributed by atoms with van der Waals surface area (Å²) in [5, 5.41) is 0. The summed E-state index contributed by atoms with van der Waals surface area (Å²) in [6, 6.07) is 41.5. The fraction of sp³-hybridized carbons (Fsp3) is 0.400. The molecule has 0 fully saturated rings. The van der Waals surface area contributed by atoms with Crippen molar-refractivity contribution in [3.8, 4) is 44.5 Å². The van der Waals surface area contributed by atoms with E-state index in [9.17, 15) is 0 Å². The van der Waals surface area contributed by atoms with Gasteiger partial charge in [0.2, 0.25) is 0 Å². The quantitative estimate of drug-likeness (QED) is 0.107.